The van der Waals surface area contributed by atoms with E-state index in [2.05, 4.69) is 20.9 Å². The molecular weight excluding hydrogens is 470 g/mol. The molecule has 5 unspecified atom stereocenters. The molecule has 0 spiro atoms. The van der Waals surface area contributed by atoms with Gasteiger partial charge in [0.2, 0.25) is 17.7 Å². The molecule has 3 amide bonds. The van der Waals surface area contributed by atoms with Gasteiger partial charge in [-0.25, -0.2) is 4.79 Å². The number of aromatic amines is 1. The first-order valence-corrected chi connectivity index (χ1v) is 11.6. The van der Waals surface area contributed by atoms with Gasteiger partial charge in [0.15, 0.2) is 0 Å². The Labute approximate surface area is 208 Å². The van der Waals surface area contributed by atoms with Gasteiger partial charge in [-0.05, 0) is 30.9 Å². The van der Waals surface area contributed by atoms with E-state index in [0.29, 0.717) is 6.42 Å². The summed E-state index contributed by atoms with van der Waals surface area (Å²) >= 11 is 0. The number of amides is 3. The van der Waals surface area contributed by atoms with Crippen molar-refractivity contribution in [1.29, 1.82) is 0 Å². The van der Waals surface area contributed by atoms with Gasteiger partial charge in [-0.1, -0.05) is 38.5 Å². The van der Waals surface area contributed by atoms with E-state index in [1.807, 2.05) is 31.2 Å². The molecule has 12 heteroatoms. The molecular formula is C24H33N5O7. The van der Waals surface area contributed by atoms with Crippen molar-refractivity contribution in [3.63, 3.8) is 0 Å². The number of hydrogen-bond donors (Lipinski definition) is 7. The van der Waals surface area contributed by atoms with Gasteiger partial charge in [0.1, 0.15) is 18.1 Å². The summed E-state index contributed by atoms with van der Waals surface area (Å²) in [6, 6.07) is 2.83. The van der Waals surface area contributed by atoms with Crippen LogP contribution in [0.2, 0.25) is 0 Å². The highest BCUT2D eigenvalue weighted by Gasteiger charge is 2.31. The van der Waals surface area contributed by atoms with Gasteiger partial charge in [0.05, 0.1) is 12.5 Å². The average Bonchev–Trinajstić information content (AvgIpc) is 3.23. The molecule has 5 atom stereocenters. The summed E-state index contributed by atoms with van der Waals surface area (Å²) in [7, 11) is 0. The Hall–Kier alpha value is -3.93. The lowest BCUT2D eigenvalue weighted by molar-refractivity contribution is -0.147. The highest BCUT2D eigenvalue weighted by atomic mass is 16.4. The van der Waals surface area contributed by atoms with Gasteiger partial charge in [0, 0.05) is 17.1 Å². The monoisotopic (exact) mass is 503 g/mol. The van der Waals surface area contributed by atoms with Crippen molar-refractivity contribution >= 4 is 40.6 Å². The number of hydrogen-bond acceptors (Lipinski definition) is 6. The number of fused-ring (bicyclic) bond motifs is 1. The fourth-order valence-corrected chi connectivity index (χ4v) is 3.63. The second kappa shape index (κ2) is 12.7. The summed E-state index contributed by atoms with van der Waals surface area (Å²) in [5.74, 6) is -5.28. The predicted molar refractivity (Wildman–Crippen MR) is 131 cm³/mol. The quantitative estimate of drug-likeness (QED) is 0.199. The summed E-state index contributed by atoms with van der Waals surface area (Å²) in [6.45, 7) is 4.92. The molecule has 0 bridgehead atoms. The first-order chi connectivity index (χ1) is 16.9. The number of H-pyrrole nitrogens is 1. The first kappa shape index (κ1) is 28.3. The smallest absolute Gasteiger partial charge is 0.326 e. The van der Waals surface area contributed by atoms with Crippen LogP contribution in [0, 0.1) is 5.92 Å². The van der Waals surface area contributed by atoms with Crippen molar-refractivity contribution < 1.29 is 34.2 Å². The molecule has 0 aliphatic rings. The molecule has 196 valence electrons. The minimum absolute atomic E-state index is 0.240. The Morgan fingerprint density at radius 3 is 2.25 bits per heavy atom. The molecule has 0 aliphatic heterocycles. The van der Waals surface area contributed by atoms with E-state index in [0.717, 1.165) is 16.5 Å². The maximum absolute atomic E-state index is 12.9. The maximum Gasteiger partial charge on any atom is 0.326 e. The van der Waals surface area contributed by atoms with Gasteiger partial charge in [-0.2, -0.15) is 0 Å². The zero-order valence-corrected chi connectivity index (χ0v) is 20.4. The molecule has 1 heterocycles. The van der Waals surface area contributed by atoms with Crippen LogP contribution < -0.4 is 21.7 Å². The van der Waals surface area contributed by atoms with Crippen LogP contribution in [0.4, 0.5) is 0 Å². The normalized spacial score (nSPS) is 15.2. The number of carbonyl (C=O) groups is 5. The summed E-state index contributed by atoms with van der Waals surface area (Å²) in [5, 5.41) is 26.1. The average molecular weight is 504 g/mol. The minimum Gasteiger partial charge on any atom is -0.481 e. The topological polar surface area (TPSA) is 204 Å². The lowest BCUT2D eigenvalue weighted by atomic mass is 9.97. The SMILES string of the molecule is CCC(C)C(NC(=O)C(N)Cc1c[nH]c2ccccc12)C(=O)NC(C)C(=O)NC(CC(=O)O)C(=O)O. The number of aliphatic carboxylic acids is 2. The number of carboxylic acids is 2. The number of aromatic nitrogens is 1. The van der Waals surface area contributed by atoms with E-state index in [4.69, 9.17) is 15.9 Å². The number of nitrogens with two attached hydrogens (primary N) is 1. The number of rotatable bonds is 13. The molecule has 0 aliphatic carbocycles. The molecule has 0 radical (unpaired) electrons. The van der Waals surface area contributed by atoms with Crippen LogP contribution in [-0.4, -0.2) is 69.0 Å². The molecule has 2 aromatic rings. The fourth-order valence-electron chi connectivity index (χ4n) is 3.63. The van der Waals surface area contributed by atoms with Crippen LogP contribution >= 0.6 is 0 Å². The molecule has 0 saturated carbocycles. The van der Waals surface area contributed by atoms with Crippen LogP contribution in [-0.2, 0) is 30.4 Å². The Bertz CT molecular complexity index is 1120. The summed E-state index contributed by atoms with van der Waals surface area (Å²) < 4.78 is 0. The van der Waals surface area contributed by atoms with Crippen molar-refractivity contribution in [3.8, 4) is 0 Å². The molecule has 1 aromatic carbocycles. The Balaban J connectivity index is 2.03. The molecule has 1 aromatic heterocycles. The zero-order chi connectivity index (χ0) is 27.0. The Kier molecular flexibility index (Phi) is 9.97. The summed E-state index contributed by atoms with van der Waals surface area (Å²) in [4.78, 5) is 63.3. The van der Waals surface area contributed by atoms with E-state index in [-0.39, 0.29) is 12.3 Å². The van der Waals surface area contributed by atoms with E-state index in [9.17, 15) is 24.0 Å². The van der Waals surface area contributed by atoms with Crippen LogP contribution in [0.1, 0.15) is 39.2 Å². The van der Waals surface area contributed by atoms with Gasteiger partial charge in [-0.3, -0.25) is 19.2 Å². The van der Waals surface area contributed by atoms with Crippen molar-refractivity contribution in [2.45, 2.75) is 64.2 Å². The highest BCUT2D eigenvalue weighted by Crippen LogP contribution is 2.19. The van der Waals surface area contributed by atoms with E-state index in [1.165, 1.54) is 6.92 Å². The standard InChI is InChI=1S/C24H33N5O7/c1-4-12(2)20(23(34)27-13(3)21(32)28-18(24(35)36)10-19(30)31)29-22(33)16(25)9-14-11-26-17-8-6-5-7-15(14)17/h5-8,11-13,16,18,20,26H,4,9-10,25H2,1-3H3,(H,27,34)(H,28,32)(H,29,33)(H,30,31)(H,35,36). The molecule has 8 N–H and O–H groups in total. The van der Waals surface area contributed by atoms with Gasteiger partial charge in [0.25, 0.3) is 0 Å². The fraction of sp³-hybridized carbons (Fsp3) is 0.458. The molecule has 36 heavy (non-hydrogen) atoms. The zero-order valence-electron chi connectivity index (χ0n) is 20.4. The predicted octanol–water partition coefficient (Wildman–Crippen LogP) is 0.117. The number of carboxylic acid groups (broad SMARTS) is 2. The highest BCUT2D eigenvalue weighted by molar-refractivity contribution is 5.95. The second-order valence-electron chi connectivity index (χ2n) is 8.77. The van der Waals surface area contributed by atoms with Gasteiger partial charge in [-0.15, -0.1) is 0 Å². The third kappa shape index (κ3) is 7.54. The minimum atomic E-state index is -1.65. The molecule has 12 nitrogen and oxygen atoms in total. The lowest BCUT2D eigenvalue weighted by Gasteiger charge is -2.26. The van der Waals surface area contributed by atoms with Gasteiger partial charge >= 0.3 is 11.9 Å². The second-order valence-corrected chi connectivity index (χ2v) is 8.77. The van der Waals surface area contributed by atoms with Crippen LogP contribution in [0.25, 0.3) is 10.9 Å². The van der Waals surface area contributed by atoms with E-state index < -0.39 is 60.2 Å². The van der Waals surface area contributed by atoms with Crippen molar-refractivity contribution in [1.82, 2.24) is 20.9 Å². The van der Waals surface area contributed by atoms with Crippen LogP contribution in [0.5, 0.6) is 0 Å². The van der Waals surface area contributed by atoms with Crippen LogP contribution in [0.15, 0.2) is 30.5 Å². The Morgan fingerprint density at radius 1 is 0.972 bits per heavy atom. The van der Waals surface area contributed by atoms with Crippen molar-refractivity contribution in [2.75, 3.05) is 0 Å². The third-order valence-electron chi connectivity index (χ3n) is 5.99. The summed E-state index contributed by atoms with van der Waals surface area (Å²) in [6.07, 6.45) is 1.74. The summed E-state index contributed by atoms with van der Waals surface area (Å²) in [5.41, 5.74) is 7.91. The number of carbonyl (C=O) groups excluding carboxylic acids is 3. The van der Waals surface area contributed by atoms with Crippen molar-refractivity contribution in [3.05, 3.63) is 36.0 Å². The number of benzene rings is 1. The first-order valence-electron chi connectivity index (χ1n) is 11.6. The third-order valence-corrected chi connectivity index (χ3v) is 5.99. The molecule has 2 rings (SSSR count). The Morgan fingerprint density at radius 2 is 1.64 bits per heavy atom. The number of para-hydroxylation sites is 1. The molecule has 0 fully saturated rings. The molecule has 0 saturated heterocycles. The number of nitrogens with one attached hydrogen (secondary N) is 4. The largest absolute Gasteiger partial charge is 0.481 e. The maximum atomic E-state index is 12.9. The van der Waals surface area contributed by atoms with Crippen LogP contribution in [0.3, 0.4) is 0 Å². The van der Waals surface area contributed by atoms with Gasteiger partial charge < -0.3 is 36.9 Å². The van der Waals surface area contributed by atoms with E-state index >= 15 is 0 Å². The van der Waals surface area contributed by atoms with E-state index in [1.54, 1.807) is 13.1 Å². The van der Waals surface area contributed by atoms with Crippen molar-refractivity contribution in [2.24, 2.45) is 11.7 Å². The lowest BCUT2D eigenvalue weighted by Crippen LogP contribution is -2.58.